The van der Waals surface area contributed by atoms with Gasteiger partial charge in [0.1, 0.15) is 12.4 Å². The van der Waals surface area contributed by atoms with E-state index in [1.54, 1.807) is 22.3 Å². The Labute approximate surface area is 219 Å². The topological polar surface area (TPSA) is 68.3 Å². The van der Waals surface area contributed by atoms with Gasteiger partial charge in [-0.1, -0.05) is 18.2 Å². The minimum absolute atomic E-state index is 0.0512. The zero-order chi connectivity index (χ0) is 25.8. The number of nitrogens with zero attached hydrogens (tertiary/aromatic N) is 2. The number of thiophene rings is 1. The highest BCUT2D eigenvalue weighted by molar-refractivity contribution is 7.10. The molecule has 0 radical (unpaired) electrons. The third-order valence-electron chi connectivity index (χ3n) is 6.63. The number of ether oxygens (including phenoxy) is 3. The number of aryl methyl sites for hydroxylation is 1. The Hall–Kier alpha value is -3.43. The molecular weight excluding hydrogens is 495 g/mol. The Kier molecular flexibility index (Phi) is 7.71. The average molecular weight is 525 g/mol. The summed E-state index contributed by atoms with van der Waals surface area (Å²) < 4.78 is 31.2. The second-order valence-electron chi connectivity index (χ2n) is 9.26. The van der Waals surface area contributed by atoms with Crippen LogP contribution in [-0.2, 0) is 22.6 Å². The first-order valence-electron chi connectivity index (χ1n) is 12.3. The number of fused-ring (bicyclic) bond motifs is 1. The fraction of sp³-hybridized carbons (Fsp3) is 0.357. The van der Waals surface area contributed by atoms with Crippen LogP contribution in [0, 0.1) is 12.7 Å². The Morgan fingerprint density at radius 2 is 1.89 bits per heavy atom. The summed E-state index contributed by atoms with van der Waals surface area (Å²) in [6, 6.07) is 13.5. The van der Waals surface area contributed by atoms with Crippen LogP contribution >= 0.6 is 11.3 Å². The maximum atomic E-state index is 14.5. The molecule has 0 aliphatic carbocycles. The van der Waals surface area contributed by atoms with Crippen molar-refractivity contribution in [2.75, 3.05) is 26.5 Å². The molecule has 0 bridgehead atoms. The fourth-order valence-corrected chi connectivity index (χ4v) is 5.47. The second-order valence-corrected chi connectivity index (χ2v) is 10.3. The number of carbonyl (C=O) groups is 2. The minimum Gasteiger partial charge on any atom is -0.454 e. The first-order valence-corrected chi connectivity index (χ1v) is 13.2. The predicted molar refractivity (Wildman–Crippen MR) is 137 cm³/mol. The zero-order valence-electron chi connectivity index (χ0n) is 20.7. The van der Waals surface area contributed by atoms with E-state index in [2.05, 4.69) is 0 Å². The third-order valence-corrected chi connectivity index (χ3v) is 7.64. The van der Waals surface area contributed by atoms with Gasteiger partial charge in [-0.2, -0.15) is 0 Å². The van der Waals surface area contributed by atoms with Crippen molar-refractivity contribution >= 4 is 23.2 Å². The average Bonchev–Trinajstić information content (AvgIpc) is 3.66. The van der Waals surface area contributed by atoms with Crippen LogP contribution in [0.3, 0.4) is 0 Å². The van der Waals surface area contributed by atoms with E-state index in [1.165, 1.54) is 23.1 Å². The normalized spacial score (nSPS) is 16.1. The second kappa shape index (κ2) is 11.3. The number of hydrogen-bond donors (Lipinski definition) is 0. The van der Waals surface area contributed by atoms with Crippen molar-refractivity contribution < 1.29 is 28.2 Å². The lowest BCUT2D eigenvalue weighted by Crippen LogP contribution is -2.45. The lowest BCUT2D eigenvalue weighted by Gasteiger charge is -2.29. The van der Waals surface area contributed by atoms with Crippen molar-refractivity contribution in [3.8, 4) is 11.5 Å². The molecule has 2 amide bonds. The molecule has 1 atom stereocenters. The van der Waals surface area contributed by atoms with E-state index in [0.717, 1.165) is 28.8 Å². The third kappa shape index (κ3) is 5.94. The van der Waals surface area contributed by atoms with Gasteiger partial charge >= 0.3 is 0 Å². The van der Waals surface area contributed by atoms with Crippen molar-refractivity contribution in [3.05, 3.63) is 81.3 Å². The summed E-state index contributed by atoms with van der Waals surface area (Å²) in [5.41, 5.74) is 1.94. The molecule has 0 N–H and O–H groups in total. The molecule has 3 aromatic rings. The standard InChI is InChI=1S/C28H29FN2O5S/c1-19-10-12-37-26(19)16-30(14-20-8-9-24-25(13-20)36-18-35-24)27(32)17-31(15-21-5-4-11-34-21)28(33)22-6-2-3-7-23(22)29/h2-3,6-10,12-13,21H,4-5,11,14-18H2,1H3/t21-/m0/s1. The molecule has 1 fully saturated rings. The molecule has 1 aromatic heterocycles. The summed E-state index contributed by atoms with van der Waals surface area (Å²) in [7, 11) is 0. The van der Waals surface area contributed by atoms with Gasteiger partial charge in [0.25, 0.3) is 5.91 Å². The molecule has 9 heteroatoms. The van der Waals surface area contributed by atoms with E-state index >= 15 is 0 Å². The number of rotatable bonds is 9. The van der Waals surface area contributed by atoms with Crippen LogP contribution in [0.25, 0.3) is 0 Å². The van der Waals surface area contributed by atoms with Gasteiger partial charge in [0, 0.05) is 24.6 Å². The molecule has 3 heterocycles. The maximum absolute atomic E-state index is 14.5. The maximum Gasteiger partial charge on any atom is 0.257 e. The van der Waals surface area contributed by atoms with Crippen molar-refractivity contribution in [1.82, 2.24) is 9.80 Å². The van der Waals surface area contributed by atoms with Crippen molar-refractivity contribution in [1.29, 1.82) is 0 Å². The summed E-state index contributed by atoms with van der Waals surface area (Å²) >= 11 is 1.59. The van der Waals surface area contributed by atoms with Gasteiger partial charge in [-0.25, -0.2) is 4.39 Å². The first-order chi connectivity index (χ1) is 18.0. The quantitative estimate of drug-likeness (QED) is 0.403. The van der Waals surface area contributed by atoms with Crippen LogP contribution in [0.2, 0.25) is 0 Å². The molecule has 2 aliphatic heterocycles. The van der Waals surface area contributed by atoms with E-state index in [1.807, 2.05) is 36.6 Å². The SMILES string of the molecule is Cc1ccsc1CN(Cc1ccc2c(c1)OCO2)C(=O)CN(C[C@@H]1CCCO1)C(=O)c1ccccc1F. The molecule has 194 valence electrons. The van der Waals surface area contributed by atoms with Crippen molar-refractivity contribution in [2.24, 2.45) is 0 Å². The Balaban J connectivity index is 1.39. The number of carbonyl (C=O) groups excluding carboxylic acids is 2. The number of hydrogen-bond acceptors (Lipinski definition) is 6. The smallest absolute Gasteiger partial charge is 0.257 e. The molecular formula is C28H29FN2O5S. The van der Waals surface area contributed by atoms with E-state index in [-0.39, 0.29) is 37.5 Å². The summed E-state index contributed by atoms with van der Waals surface area (Å²) in [6.07, 6.45) is 1.52. The highest BCUT2D eigenvalue weighted by atomic mass is 32.1. The number of halogens is 1. The van der Waals surface area contributed by atoms with Crippen LogP contribution < -0.4 is 9.47 Å². The van der Waals surface area contributed by atoms with E-state index < -0.39 is 11.7 Å². The molecule has 1 saturated heterocycles. The highest BCUT2D eigenvalue weighted by Gasteiger charge is 2.29. The Bertz CT molecular complexity index is 1270. The summed E-state index contributed by atoms with van der Waals surface area (Å²) in [5, 5.41) is 2.00. The lowest BCUT2D eigenvalue weighted by atomic mass is 10.1. The predicted octanol–water partition coefficient (Wildman–Crippen LogP) is 4.77. The molecule has 2 aliphatic rings. The molecule has 5 rings (SSSR count). The molecule has 2 aromatic carbocycles. The van der Waals surface area contributed by atoms with Crippen LogP contribution in [0.15, 0.2) is 53.9 Å². The van der Waals surface area contributed by atoms with Gasteiger partial charge in [0.15, 0.2) is 11.5 Å². The van der Waals surface area contributed by atoms with E-state index in [4.69, 9.17) is 14.2 Å². The van der Waals surface area contributed by atoms with E-state index in [0.29, 0.717) is 31.2 Å². The molecule has 0 saturated carbocycles. The van der Waals surface area contributed by atoms with E-state index in [9.17, 15) is 14.0 Å². The van der Waals surface area contributed by atoms with Crippen LogP contribution in [0.5, 0.6) is 11.5 Å². The van der Waals surface area contributed by atoms with Crippen LogP contribution in [-0.4, -0.2) is 54.2 Å². The van der Waals surface area contributed by atoms with Crippen molar-refractivity contribution in [3.63, 3.8) is 0 Å². The monoisotopic (exact) mass is 524 g/mol. The van der Waals surface area contributed by atoms with Gasteiger partial charge in [0.2, 0.25) is 12.7 Å². The summed E-state index contributed by atoms with van der Waals surface area (Å²) in [6.45, 7) is 3.59. The lowest BCUT2D eigenvalue weighted by molar-refractivity contribution is -0.133. The van der Waals surface area contributed by atoms with Crippen LogP contribution in [0.4, 0.5) is 4.39 Å². The van der Waals surface area contributed by atoms with Crippen LogP contribution in [0.1, 0.15) is 39.2 Å². The van der Waals surface area contributed by atoms with Gasteiger partial charge in [0.05, 0.1) is 18.2 Å². The first kappa shape index (κ1) is 25.2. The van der Waals surface area contributed by atoms with Gasteiger partial charge < -0.3 is 24.0 Å². The minimum atomic E-state index is -0.608. The van der Waals surface area contributed by atoms with Gasteiger partial charge in [-0.15, -0.1) is 11.3 Å². The Morgan fingerprint density at radius 3 is 2.65 bits per heavy atom. The Morgan fingerprint density at radius 1 is 1.05 bits per heavy atom. The fourth-order valence-electron chi connectivity index (χ4n) is 4.55. The van der Waals surface area contributed by atoms with Gasteiger partial charge in [-0.3, -0.25) is 9.59 Å². The summed E-state index contributed by atoms with van der Waals surface area (Å²) in [5.74, 6) is -0.0324. The molecule has 37 heavy (non-hydrogen) atoms. The number of amides is 2. The molecule has 0 spiro atoms. The largest absolute Gasteiger partial charge is 0.454 e. The van der Waals surface area contributed by atoms with Crippen molar-refractivity contribution in [2.45, 2.75) is 39.0 Å². The van der Waals surface area contributed by atoms with Gasteiger partial charge in [-0.05, 0) is 66.6 Å². The molecule has 0 unspecified atom stereocenters. The number of benzene rings is 2. The summed E-state index contributed by atoms with van der Waals surface area (Å²) in [4.78, 5) is 31.4. The highest BCUT2D eigenvalue weighted by Crippen LogP contribution is 2.33. The zero-order valence-corrected chi connectivity index (χ0v) is 21.5. The molecule has 7 nitrogen and oxygen atoms in total.